The summed E-state index contributed by atoms with van der Waals surface area (Å²) in [5.41, 5.74) is 0.822. The summed E-state index contributed by atoms with van der Waals surface area (Å²) in [6.45, 7) is 5.63. The van der Waals surface area contributed by atoms with E-state index in [9.17, 15) is 9.90 Å². The molecule has 100 valence electrons. The van der Waals surface area contributed by atoms with Crippen LogP contribution in [0, 0.1) is 0 Å². The molecule has 0 aliphatic carbocycles. The predicted octanol–water partition coefficient (Wildman–Crippen LogP) is 1.87. The highest BCUT2D eigenvalue weighted by molar-refractivity contribution is 5.76. The van der Waals surface area contributed by atoms with Gasteiger partial charge in [-0.15, -0.1) is 0 Å². The predicted molar refractivity (Wildman–Crippen MR) is 70.8 cm³/mol. The van der Waals surface area contributed by atoms with Crippen molar-refractivity contribution in [3.8, 4) is 0 Å². The molecule has 1 rings (SSSR count). The Morgan fingerprint density at radius 2 is 2.00 bits per heavy atom. The molecule has 1 aromatic carbocycles. The molecule has 0 aliphatic rings. The fraction of sp³-hybridized carbons (Fsp3) is 0.500. The van der Waals surface area contributed by atoms with Gasteiger partial charge in [0.15, 0.2) is 0 Å². The Morgan fingerprint density at radius 1 is 1.33 bits per heavy atom. The van der Waals surface area contributed by atoms with Crippen molar-refractivity contribution >= 4 is 5.97 Å². The molecule has 0 heterocycles. The minimum atomic E-state index is -0.807. The lowest BCUT2D eigenvalue weighted by Gasteiger charge is -2.14. The van der Waals surface area contributed by atoms with Gasteiger partial charge >= 0.3 is 5.97 Å². The second kappa shape index (κ2) is 7.84. The zero-order chi connectivity index (χ0) is 13.4. The van der Waals surface area contributed by atoms with Crippen molar-refractivity contribution in [2.75, 3.05) is 19.7 Å². The highest BCUT2D eigenvalue weighted by Gasteiger charge is 2.18. The van der Waals surface area contributed by atoms with Crippen molar-refractivity contribution in [3.05, 3.63) is 35.9 Å². The third-order valence-electron chi connectivity index (χ3n) is 2.58. The lowest BCUT2D eigenvalue weighted by Crippen LogP contribution is -2.29. The number of carboxylic acid groups (broad SMARTS) is 1. The fourth-order valence-electron chi connectivity index (χ4n) is 1.65. The second-order valence-electron chi connectivity index (χ2n) is 4.43. The lowest BCUT2D eigenvalue weighted by atomic mass is 9.99. The van der Waals surface area contributed by atoms with Crippen LogP contribution < -0.4 is 5.32 Å². The average molecular weight is 251 g/mol. The average Bonchev–Trinajstić information content (AvgIpc) is 2.34. The van der Waals surface area contributed by atoms with Gasteiger partial charge in [0.25, 0.3) is 0 Å². The molecular weight excluding hydrogens is 230 g/mol. The van der Waals surface area contributed by atoms with E-state index in [1.165, 1.54) is 0 Å². The molecule has 1 aromatic rings. The van der Waals surface area contributed by atoms with Crippen LogP contribution in [0.5, 0.6) is 0 Å². The van der Waals surface area contributed by atoms with Crippen molar-refractivity contribution in [3.63, 3.8) is 0 Å². The highest BCUT2D eigenvalue weighted by atomic mass is 16.5. The number of carbonyl (C=O) groups is 1. The molecule has 0 amide bonds. The van der Waals surface area contributed by atoms with E-state index in [1.54, 1.807) is 0 Å². The van der Waals surface area contributed by atoms with Gasteiger partial charge in [-0.3, -0.25) is 4.79 Å². The smallest absolute Gasteiger partial charge is 0.312 e. The van der Waals surface area contributed by atoms with Crippen molar-refractivity contribution in [1.29, 1.82) is 0 Å². The third kappa shape index (κ3) is 5.29. The maximum atomic E-state index is 11.2. The molecule has 0 aromatic heterocycles. The normalized spacial score (nSPS) is 12.6. The number of hydrogen-bond donors (Lipinski definition) is 2. The summed E-state index contributed by atoms with van der Waals surface area (Å²) < 4.78 is 5.38. The first-order valence-electron chi connectivity index (χ1n) is 6.21. The van der Waals surface area contributed by atoms with E-state index in [1.807, 2.05) is 44.2 Å². The molecule has 0 aliphatic heterocycles. The van der Waals surface area contributed by atoms with Crippen LogP contribution >= 0.6 is 0 Å². The van der Waals surface area contributed by atoms with E-state index in [0.29, 0.717) is 19.7 Å². The van der Waals surface area contributed by atoms with Gasteiger partial charge in [-0.1, -0.05) is 30.3 Å². The summed E-state index contributed by atoms with van der Waals surface area (Å²) in [5, 5.41) is 12.3. The Morgan fingerprint density at radius 3 is 2.56 bits per heavy atom. The zero-order valence-electron chi connectivity index (χ0n) is 10.9. The van der Waals surface area contributed by atoms with Gasteiger partial charge in [-0.25, -0.2) is 0 Å². The van der Waals surface area contributed by atoms with Crippen LogP contribution in [0.4, 0.5) is 0 Å². The summed E-state index contributed by atoms with van der Waals surface area (Å²) in [6.07, 6.45) is 0.205. The summed E-state index contributed by atoms with van der Waals surface area (Å²) in [7, 11) is 0. The Balaban J connectivity index is 2.38. The quantitative estimate of drug-likeness (QED) is 0.692. The number of rotatable bonds is 8. The van der Waals surface area contributed by atoms with Crippen molar-refractivity contribution in [2.24, 2.45) is 0 Å². The van der Waals surface area contributed by atoms with Gasteiger partial charge in [-0.2, -0.15) is 0 Å². The summed E-state index contributed by atoms with van der Waals surface area (Å²) in [5.74, 6) is -1.32. The van der Waals surface area contributed by atoms with Crippen LogP contribution in [0.1, 0.15) is 25.3 Å². The largest absolute Gasteiger partial charge is 0.481 e. The number of hydrogen-bond acceptors (Lipinski definition) is 3. The molecule has 4 heteroatoms. The maximum Gasteiger partial charge on any atom is 0.312 e. The van der Waals surface area contributed by atoms with Gasteiger partial charge in [0, 0.05) is 13.1 Å². The van der Waals surface area contributed by atoms with Crippen LogP contribution in [0.3, 0.4) is 0 Å². The van der Waals surface area contributed by atoms with Crippen LogP contribution in [0.15, 0.2) is 30.3 Å². The first kappa shape index (κ1) is 14.7. The van der Waals surface area contributed by atoms with Crippen molar-refractivity contribution in [1.82, 2.24) is 5.32 Å². The molecule has 0 fully saturated rings. The van der Waals surface area contributed by atoms with E-state index in [-0.39, 0.29) is 6.10 Å². The molecule has 2 N–H and O–H groups in total. The Labute approximate surface area is 108 Å². The molecule has 0 saturated carbocycles. The summed E-state index contributed by atoms with van der Waals surface area (Å²) in [6, 6.07) is 9.27. The molecular formula is C14H21NO3. The molecule has 0 saturated heterocycles. The van der Waals surface area contributed by atoms with Crippen LogP contribution in [0.2, 0.25) is 0 Å². The Bertz CT molecular complexity index is 351. The molecule has 0 bridgehead atoms. The summed E-state index contributed by atoms with van der Waals surface area (Å²) in [4.78, 5) is 11.2. The number of carboxylic acids is 1. The third-order valence-corrected chi connectivity index (χ3v) is 2.58. The molecule has 18 heavy (non-hydrogen) atoms. The van der Waals surface area contributed by atoms with E-state index >= 15 is 0 Å². The van der Waals surface area contributed by atoms with E-state index < -0.39 is 11.9 Å². The van der Waals surface area contributed by atoms with Crippen molar-refractivity contribution < 1.29 is 14.6 Å². The summed E-state index contributed by atoms with van der Waals surface area (Å²) >= 11 is 0. The molecule has 1 atom stereocenters. The maximum absolute atomic E-state index is 11.2. The van der Waals surface area contributed by atoms with E-state index in [4.69, 9.17) is 4.74 Å². The zero-order valence-corrected chi connectivity index (χ0v) is 10.9. The molecule has 4 nitrogen and oxygen atoms in total. The van der Waals surface area contributed by atoms with Crippen molar-refractivity contribution in [2.45, 2.75) is 25.9 Å². The van der Waals surface area contributed by atoms with Gasteiger partial charge in [0.05, 0.1) is 18.6 Å². The van der Waals surface area contributed by atoms with Crippen LogP contribution in [0.25, 0.3) is 0 Å². The van der Waals surface area contributed by atoms with Gasteiger partial charge in [0.2, 0.25) is 0 Å². The highest BCUT2D eigenvalue weighted by Crippen LogP contribution is 2.14. The lowest BCUT2D eigenvalue weighted by molar-refractivity contribution is -0.138. The van der Waals surface area contributed by atoms with E-state index in [2.05, 4.69) is 5.32 Å². The fourth-order valence-corrected chi connectivity index (χ4v) is 1.65. The monoisotopic (exact) mass is 251 g/mol. The number of ether oxygens (including phenoxy) is 1. The van der Waals surface area contributed by atoms with E-state index in [0.717, 1.165) is 5.56 Å². The first-order chi connectivity index (χ1) is 8.61. The van der Waals surface area contributed by atoms with Crippen LogP contribution in [-0.4, -0.2) is 36.9 Å². The second-order valence-corrected chi connectivity index (χ2v) is 4.43. The van der Waals surface area contributed by atoms with Gasteiger partial charge in [-0.05, 0) is 19.4 Å². The Hall–Kier alpha value is -1.39. The Kier molecular flexibility index (Phi) is 6.39. The first-order valence-corrected chi connectivity index (χ1v) is 6.21. The SMILES string of the molecule is CC(C)OCCNCC(C(=O)O)c1ccccc1. The standard InChI is InChI=1S/C14H21NO3/c1-11(2)18-9-8-15-10-13(14(16)17)12-6-4-3-5-7-12/h3-7,11,13,15H,8-10H2,1-2H3,(H,16,17). The topological polar surface area (TPSA) is 58.6 Å². The minimum Gasteiger partial charge on any atom is -0.481 e. The minimum absolute atomic E-state index is 0.205. The number of nitrogens with one attached hydrogen (secondary N) is 1. The van der Waals surface area contributed by atoms with Crippen LogP contribution in [-0.2, 0) is 9.53 Å². The molecule has 0 radical (unpaired) electrons. The molecule has 0 spiro atoms. The number of aliphatic carboxylic acids is 1. The number of benzene rings is 1. The van der Waals surface area contributed by atoms with Gasteiger partial charge in [0.1, 0.15) is 0 Å². The molecule has 1 unspecified atom stereocenters. The van der Waals surface area contributed by atoms with Gasteiger partial charge < -0.3 is 15.2 Å².